The lowest BCUT2D eigenvalue weighted by Gasteiger charge is -2.28. The fraction of sp³-hybridized carbons (Fsp3) is 0.458. The van der Waals surface area contributed by atoms with Crippen molar-refractivity contribution in [1.82, 2.24) is 67.9 Å². The molecule has 18 atom stereocenters. The normalized spacial score (nSPS) is 25.1. The molecule has 5 fully saturated rings. The molecule has 50 heteroatoms. The van der Waals surface area contributed by atoms with E-state index in [9.17, 15) is 43.6 Å². The quantitative estimate of drug-likeness (QED) is 0.0138. The van der Waals surface area contributed by atoms with E-state index in [2.05, 4.69) is 102 Å². The Morgan fingerprint density at radius 1 is 0.662 bits per heavy atom. The zero-order valence-electron chi connectivity index (χ0n) is 72.5. The van der Waals surface area contributed by atoms with Gasteiger partial charge in [-0.2, -0.15) is 9.36 Å². The SMILES string of the molecule is C.CP(=O)(Cl)Oc1ccccc1.[C-]#[N+]CCOP(=S)(OC[C@H]1O[C@@H](n2ccc(=O)n3ccnc23)[C@H](OC(=O)O)[C@@H]1C)O[C@H]1C[C@H](n2nnc3c(NC(=O)COc4ccc(C(C)(C)C)cc4)ccnc32)O[C@@H]1CO.[C-]#[N+]CCOP1(=S)OC[C@H]2O[C@@H](n3ccc(=O)n4ccnc34)[C@H](OP(O)OC[C@H]3O[C@@H](n4nnc5c(NC(=O)COc6ccc(C(C)(C)C)cc6)ccnc54)C[C@@H]3O1)[C@@H]2C. The summed E-state index contributed by atoms with van der Waals surface area (Å²) in [5, 5.41) is 42.8. The molecule has 0 spiro atoms. The summed E-state index contributed by atoms with van der Waals surface area (Å²) in [6, 6.07) is 29.9. The lowest BCUT2D eigenvalue weighted by atomic mass is 9.87. The first-order valence-corrected chi connectivity index (χ1v) is 50.6. The number of carboxylic acid groups (broad SMARTS) is 1. The highest BCUT2D eigenvalue weighted by Gasteiger charge is 2.51. The van der Waals surface area contributed by atoms with Crippen LogP contribution in [0.4, 0.5) is 16.2 Å². The maximum absolute atomic E-state index is 13.0. The summed E-state index contributed by atoms with van der Waals surface area (Å²) < 4.78 is 116. The number of carbonyl (C=O) groups excluding carboxylic acids is 2. The van der Waals surface area contributed by atoms with Crippen LogP contribution in [0.5, 0.6) is 17.2 Å². The molecule has 2 bridgehead atoms. The number of fused-ring (bicyclic) bond motifs is 7. The lowest BCUT2D eigenvalue weighted by Crippen LogP contribution is -2.32. The first kappa shape index (κ1) is 100. The lowest BCUT2D eigenvalue weighted by molar-refractivity contribution is -0.118. The molecule has 3 aromatic carbocycles. The van der Waals surface area contributed by atoms with Gasteiger partial charge in [0, 0.05) is 93.0 Å². The Morgan fingerprint density at radius 2 is 1.21 bits per heavy atom. The van der Waals surface area contributed by atoms with Crippen molar-refractivity contribution in [2.24, 2.45) is 11.8 Å². The van der Waals surface area contributed by atoms with Gasteiger partial charge in [-0.05, 0) is 105 Å². The fourth-order valence-electron chi connectivity index (χ4n) is 14.7. The largest absolute Gasteiger partial charge is 0.506 e. The predicted molar refractivity (Wildman–Crippen MR) is 489 cm³/mol. The third-order valence-electron chi connectivity index (χ3n) is 21.5. The Bertz CT molecular complexity index is 6270. The standard InChI is InChI=1S/C38H44N9O12PS.C37H43N9O11P2S.C7H8ClO2P.CH4/c1-22-28(57-35(33(22)58-37(51)52)46-15-11-30(50)45-16-13-41-36(45)46)20-55-60(61,54-17-14-39-5)59-26-18-31(56-27(26)19-48)47-34-32(43-44-47)25(10-12-40-34)42-29(49)21-53-24-8-6-23(7-9-24)38(2,3)4;1-22-27-20-53-59(60,52-17-14-38-5)57-26-18-31(54-28(26)19-51-58(49)56-33(22)35(55-27)45-15-11-30(48)44-16-13-40-36(44)45)46-34-32(42-43-46)25(10-12-39-34)41-29(47)21-50-24-8-6-23(7-9-24)37(2,3)4;1-11(8,9)10-7-5-3-2-4-6-7;/h6-13,15-16,22,26-28,31,33,35,48H,14,17-21H2,1-4H3,(H,51,52)(H,40,42,49);6-13,15-16,22,26-28,31,33,35,49H,14,17-21H2,1-4H3,(H,39,41,47);2-6H,1H3;1H4/t22-,26+,27-,28-,31-,33-,35-,60?;22-,26+,27-,28-,31-,33-,35-,58?,59?;;/m11../s1. The number of nitrogens with zero attached hydrogens (tertiary/aromatic N) is 16. The number of halogens is 1. The van der Waals surface area contributed by atoms with E-state index in [1.807, 2.05) is 61.5 Å². The number of para-hydroxylation sites is 1. The number of carbonyl (C=O) groups is 3. The van der Waals surface area contributed by atoms with Gasteiger partial charge in [0.15, 0.2) is 66.6 Å². The van der Waals surface area contributed by atoms with Crippen LogP contribution in [0.25, 0.3) is 43.6 Å². The summed E-state index contributed by atoms with van der Waals surface area (Å²) in [4.78, 5) is 98.0. The number of anilines is 2. The van der Waals surface area contributed by atoms with Crippen molar-refractivity contribution in [2.75, 3.05) is 83.2 Å². The number of aromatic nitrogens is 14. The Labute approximate surface area is 778 Å². The second kappa shape index (κ2) is 43.7. The van der Waals surface area contributed by atoms with E-state index >= 15 is 0 Å². The number of hydrogen-bond donors (Lipinski definition) is 5. The van der Waals surface area contributed by atoms with Crippen LogP contribution in [0, 0.1) is 25.0 Å². The number of aliphatic hydroxyl groups is 1. The van der Waals surface area contributed by atoms with Gasteiger partial charge in [-0.3, -0.25) is 41.7 Å². The van der Waals surface area contributed by atoms with Crippen LogP contribution < -0.4 is 35.7 Å². The minimum absolute atomic E-state index is 0. The zero-order chi connectivity index (χ0) is 94.0. The van der Waals surface area contributed by atoms with E-state index in [0.717, 1.165) is 11.1 Å². The number of hydrogen-bond acceptors (Lipinski definition) is 34. The molecule has 0 aliphatic carbocycles. The zero-order valence-corrected chi connectivity index (χ0v) is 78.4. The molecule has 5 saturated heterocycles. The molecular formula is C83H99ClN18O25P4S2. The van der Waals surface area contributed by atoms with Gasteiger partial charge in [0.25, 0.3) is 22.9 Å². The fourth-order valence-corrected chi connectivity index (χ4v) is 20.6. The van der Waals surface area contributed by atoms with E-state index < -0.39 is 133 Å². The van der Waals surface area contributed by atoms with Crippen molar-refractivity contribution in [2.45, 2.75) is 160 Å². The molecule has 13 heterocycles. The number of aliphatic hydroxyl groups excluding tert-OH is 1. The molecule has 8 aromatic heterocycles. The highest BCUT2D eigenvalue weighted by molar-refractivity contribution is 8.07. The van der Waals surface area contributed by atoms with Crippen molar-refractivity contribution >= 4 is 127 Å². The van der Waals surface area contributed by atoms with Gasteiger partial charge in [-0.1, -0.05) is 116 Å². The molecule has 5 aliphatic heterocycles. The Morgan fingerprint density at radius 3 is 1.74 bits per heavy atom. The predicted octanol–water partition coefficient (Wildman–Crippen LogP) is 12.5. The number of benzene rings is 3. The second-order valence-electron chi connectivity index (χ2n) is 32.7. The van der Waals surface area contributed by atoms with Gasteiger partial charge < -0.3 is 109 Å². The van der Waals surface area contributed by atoms with Gasteiger partial charge in [0.1, 0.15) is 61.0 Å². The van der Waals surface area contributed by atoms with Crippen molar-refractivity contribution in [1.29, 1.82) is 0 Å². The maximum atomic E-state index is 13.0. The minimum Gasteiger partial charge on any atom is -0.484 e. The molecule has 5 aliphatic rings. The minimum atomic E-state index is -3.74. The topological polar surface area (TPSA) is 475 Å². The van der Waals surface area contributed by atoms with Gasteiger partial charge in [0.2, 0.25) is 24.6 Å². The molecule has 0 saturated carbocycles. The molecule has 16 rings (SSSR count). The van der Waals surface area contributed by atoms with E-state index in [4.69, 9.17) is 122 Å². The van der Waals surface area contributed by atoms with Gasteiger partial charge >= 0.3 is 34.9 Å². The first-order valence-electron chi connectivity index (χ1n) is 41.3. The molecular weight excluding hydrogens is 1870 g/mol. The molecule has 4 unspecified atom stereocenters. The first-order chi connectivity index (χ1) is 63.0. The summed E-state index contributed by atoms with van der Waals surface area (Å²) in [5.74, 6) is 0.314. The average molecular weight is 1970 g/mol. The van der Waals surface area contributed by atoms with Gasteiger partial charge in [-0.25, -0.2) is 37.9 Å². The molecule has 11 aromatic rings. The van der Waals surface area contributed by atoms with Crippen molar-refractivity contribution < 1.29 is 108 Å². The molecule has 0 radical (unpaired) electrons. The van der Waals surface area contributed by atoms with Crippen LogP contribution in [-0.4, -0.2) is 222 Å². The monoisotopic (exact) mass is 1970 g/mol. The highest BCUT2D eigenvalue weighted by Crippen LogP contribution is 2.58. The van der Waals surface area contributed by atoms with Crippen molar-refractivity contribution in [3.63, 3.8) is 0 Å². The number of nitrogens with one attached hydrogen (secondary N) is 2. The number of imidazole rings is 2. The number of rotatable bonds is 27. The van der Waals surface area contributed by atoms with Crippen LogP contribution in [-0.2, 0) is 108 Å². The molecule has 133 heavy (non-hydrogen) atoms. The van der Waals surface area contributed by atoms with E-state index in [1.54, 1.807) is 54.1 Å². The third kappa shape index (κ3) is 24.8. The highest BCUT2D eigenvalue weighted by atomic mass is 35.7. The van der Waals surface area contributed by atoms with E-state index in [0.29, 0.717) is 45.6 Å². The van der Waals surface area contributed by atoms with Crippen molar-refractivity contribution in [3.8, 4) is 17.2 Å². The Kier molecular flexibility index (Phi) is 33.0. The second-order valence-corrected chi connectivity index (χ2v) is 43.1. The van der Waals surface area contributed by atoms with Crippen LogP contribution in [0.15, 0.2) is 162 Å². The Balaban J connectivity index is 0.000000201. The summed E-state index contributed by atoms with van der Waals surface area (Å²) >= 11 is 17.2. The summed E-state index contributed by atoms with van der Waals surface area (Å²) in [6.45, 7) is 20.1. The smallest absolute Gasteiger partial charge is 0.484 e. The maximum Gasteiger partial charge on any atom is 0.506 e. The van der Waals surface area contributed by atoms with Crippen LogP contribution >= 0.6 is 40.0 Å². The van der Waals surface area contributed by atoms with Crippen LogP contribution in [0.2, 0.25) is 0 Å². The summed E-state index contributed by atoms with van der Waals surface area (Å²) in [7, 11) is -2.52. The average Bonchev–Trinajstić information content (AvgIpc) is 1.66. The van der Waals surface area contributed by atoms with Crippen LogP contribution in [0.1, 0.15) is 112 Å². The molecule has 43 nitrogen and oxygen atoms in total. The van der Waals surface area contributed by atoms with Gasteiger partial charge in [-0.15, -0.1) is 10.2 Å². The van der Waals surface area contributed by atoms with E-state index in [-0.39, 0.29) is 124 Å². The van der Waals surface area contributed by atoms with Crippen molar-refractivity contribution in [3.05, 3.63) is 207 Å². The summed E-state index contributed by atoms with van der Waals surface area (Å²) in [5.41, 5.74) is 3.49. The van der Waals surface area contributed by atoms with E-state index in [1.165, 1.54) is 84.9 Å². The number of pyridine rings is 2. The van der Waals surface area contributed by atoms with Gasteiger partial charge in [0.05, 0.1) is 50.0 Å². The number of ether oxygens (including phenoxy) is 7. The number of amides is 2. The molecule has 710 valence electrons. The van der Waals surface area contributed by atoms with Crippen LogP contribution in [0.3, 0.4) is 0 Å². The molecule has 5 N–H and O–H groups in total. The Hall–Kier alpha value is -10.1. The molecule has 2 amide bonds. The summed E-state index contributed by atoms with van der Waals surface area (Å²) in [6.07, 6.45) is 0.199. The third-order valence-corrected chi connectivity index (χ3v) is 27.8.